The summed E-state index contributed by atoms with van der Waals surface area (Å²) < 4.78 is 30.1. The molecule has 0 fully saturated rings. The van der Waals surface area contributed by atoms with Gasteiger partial charge in [-0.15, -0.1) is 0 Å². The fourth-order valence-electron chi connectivity index (χ4n) is 7.81. The van der Waals surface area contributed by atoms with E-state index in [1.807, 2.05) is 33.3 Å². The van der Waals surface area contributed by atoms with Crippen molar-refractivity contribution in [3.63, 3.8) is 0 Å². The molecule has 1 amide bonds. The Morgan fingerprint density at radius 1 is 0.538 bits per heavy atom. The predicted molar refractivity (Wildman–Crippen MR) is 275 cm³/mol. The van der Waals surface area contributed by atoms with Crippen LogP contribution in [0.15, 0.2) is 36.5 Å². The molecule has 0 aliphatic heterocycles. The quantitative estimate of drug-likeness (QED) is 0.0161. The maximum Gasteiger partial charge on any atom is 0.306 e. The number of quaternary nitrogens is 1. The van der Waals surface area contributed by atoms with Crippen molar-refractivity contribution in [2.45, 2.75) is 264 Å². The van der Waals surface area contributed by atoms with Gasteiger partial charge in [-0.05, 0) is 57.4 Å². The Bertz CT molecular complexity index is 1220. The van der Waals surface area contributed by atoms with E-state index in [1.165, 1.54) is 135 Å². The van der Waals surface area contributed by atoms with Gasteiger partial charge in [0.05, 0.1) is 33.8 Å². The summed E-state index contributed by atoms with van der Waals surface area (Å²) in [5, 5.41) is 3.01. The van der Waals surface area contributed by atoms with Crippen LogP contribution in [0.2, 0.25) is 0 Å². The number of amides is 1. The summed E-state index contributed by atoms with van der Waals surface area (Å²) in [6, 6.07) is -0.888. The minimum atomic E-state index is -4.69. The summed E-state index contributed by atoms with van der Waals surface area (Å²) in [5.41, 5.74) is 0. The Labute approximate surface area is 402 Å². The number of ether oxygens (including phenoxy) is 1. The zero-order valence-electron chi connectivity index (χ0n) is 43.4. The van der Waals surface area contributed by atoms with E-state index in [9.17, 15) is 19.0 Å². The second kappa shape index (κ2) is 46.0. The van der Waals surface area contributed by atoms with Crippen molar-refractivity contribution in [3.05, 3.63) is 36.5 Å². The summed E-state index contributed by atoms with van der Waals surface area (Å²) >= 11 is 0. The van der Waals surface area contributed by atoms with Crippen LogP contribution >= 0.6 is 7.82 Å². The van der Waals surface area contributed by atoms with E-state index in [0.717, 1.165) is 83.5 Å². The van der Waals surface area contributed by atoms with E-state index in [1.54, 1.807) is 0 Å². The van der Waals surface area contributed by atoms with Crippen molar-refractivity contribution >= 4 is 19.7 Å². The number of allylic oxidation sites excluding steroid dienone is 5. The summed E-state index contributed by atoms with van der Waals surface area (Å²) in [6.07, 6.45) is 52.4. The smallest absolute Gasteiger partial charge is 0.306 e. The SMILES string of the molecule is CCCCC/C=C/C=C/CCCCCCCCC(=O)NC(COP(=O)([O-])OCC[N+](C)(C)C)C(/C=C/CCCCCCCCCCCCC)OC(=O)CCCCCCCCCCCCC. The molecule has 1 N–H and O–H groups in total. The Morgan fingerprint density at radius 2 is 0.923 bits per heavy atom. The van der Waals surface area contributed by atoms with Gasteiger partial charge in [0.25, 0.3) is 7.82 Å². The fraction of sp³-hybridized carbons (Fsp3) is 0.855. The molecule has 0 heterocycles. The number of esters is 1. The Kier molecular flexibility index (Phi) is 44.7. The Morgan fingerprint density at radius 3 is 1.38 bits per heavy atom. The molecule has 3 atom stereocenters. The van der Waals surface area contributed by atoms with Crippen LogP contribution in [0.3, 0.4) is 0 Å². The Hall–Kier alpha value is -1.77. The molecule has 0 spiro atoms. The van der Waals surface area contributed by atoms with E-state index < -0.39 is 20.0 Å². The van der Waals surface area contributed by atoms with Crippen molar-refractivity contribution in [1.29, 1.82) is 0 Å². The zero-order valence-corrected chi connectivity index (χ0v) is 44.3. The molecule has 0 rings (SSSR count). The summed E-state index contributed by atoms with van der Waals surface area (Å²) in [7, 11) is 1.18. The van der Waals surface area contributed by atoms with Crippen molar-refractivity contribution in [3.8, 4) is 0 Å². The third kappa shape index (κ3) is 47.1. The number of unbranched alkanes of at least 4 members (excludes halogenated alkanes) is 30. The van der Waals surface area contributed by atoms with Crippen LogP contribution in [0.25, 0.3) is 0 Å². The first-order valence-electron chi connectivity index (χ1n) is 27.3. The number of nitrogens with one attached hydrogen (secondary N) is 1. The number of phosphoric ester groups is 1. The Balaban J connectivity index is 5.41. The number of hydrogen-bond donors (Lipinski definition) is 1. The van der Waals surface area contributed by atoms with Gasteiger partial charge in [-0.3, -0.25) is 14.2 Å². The number of hydrogen-bond acceptors (Lipinski definition) is 7. The van der Waals surface area contributed by atoms with Crippen molar-refractivity contribution in [1.82, 2.24) is 5.32 Å². The van der Waals surface area contributed by atoms with Crippen molar-refractivity contribution in [2.75, 3.05) is 40.9 Å². The second-order valence-corrected chi connectivity index (χ2v) is 21.2. The van der Waals surface area contributed by atoms with E-state index in [0.29, 0.717) is 17.4 Å². The maximum absolute atomic E-state index is 13.4. The van der Waals surface area contributed by atoms with E-state index in [-0.39, 0.29) is 31.5 Å². The molecule has 9 nitrogen and oxygen atoms in total. The van der Waals surface area contributed by atoms with Crippen LogP contribution < -0.4 is 10.2 Å². The largest absolute Gasteiger partial charge is 0.756 e. The van der Waals surface area contributed by atoms with Crippen molar-refractivity contribution < 1.29 is 37.3 Å². The highest BCUT2D eigenvalue weighted by Crippen LogP contribution is 2.38. The lowest BCUT2D eigenvalue weighted by Gasteiger charge is -2.30. The van der Waals surface area contributed by atoms with Crippen LogP contribution in [-0.4, -0.2) is 69.4 Å². The molecule has 0 saturated carbocycles. The number of carbonyl (C=O) groups is 2. The predicted octanol–water partition coefficient (Wildman–Crippen LogP) is 15.4. The first kappa shape index (κ1) is 63.2. The molecule has 3 unspecified atom stereocenters. The lowest BCUT2D eigenvalue weighted by atomic mass is 10.0. The molecule has 65 heavy (non-hydrogen) atoms. The molecular formula is C55H105N2O7P. The van der Waals surface area contributed by atoms with Gasteiger partial charge in [0.2, 0.25) is 5.91 Å². The second-order valence-electron chi connectivity index (χ2n) is 19.8. The molecule has 0 aromatic heterocycles. The highest BCUT2D eigenvalue weighted by molar-refractivity contribution is 7.45. The summed E-state index contributed by atoms with van der Waals surface area (Å²) in [6.45, 7) is 6.80. The average Bonchev–Trinajstić information content (AvgIpc) is 3.26. The van der Waals surface area contributed by atoms with Gasteiger partial charge in [-0.2, -0.15) is 0 Å². The molecule has 0 radical (unpaired) electrons. The van der Waals surface area contributed by atoms with Gasteiger partial charge in [-0.25, -0.2) is 0 Å². The standard InChI is InChI=1S/C55H105N2O7P/c1-7-10-13-16-19-22-25-27-28-30-33-35-38-41-44-47-54(58)56-52(51-63-65(60,61)62-50-49-57(4,5)6)53(46-43-40-37-34-32-29-26-23-20-17-14-11-8-2)64-55(59)48-45-42-39-36-31-24-21-18-15-12-9-3/h19,22,25,27,43,46,52-53H,7-18,20-21,23-24,26,28-42,44-45,47-51H2,1-6H3,(H-,56,58,60,61)/b22-19+,27-25+,46-43+. The minimum Gasteiger partial charge on any atom is -0.756 e. The zero-order chi connectivity index (χ0) is 48.0. The molecular weight excluding hydrogens is 832 g/mol. The van der Waals surface area contributed by atoms with Gasteiger partial charge in [-0.1, -0.05) is 218 Å². The van der Waals surface area contributed by atoms with Crippen LogP contribution in [-0.2, 0) is 27.9 Å². The number of carbonyl (C=O) groups excluding carboxylic acids is 2. The summed E-state index contributed by atoms with van der Waals surface area (Å²) in [4.78, 5) is 39.7. The fourth-order valence-corrected chi connectivity index (χ4v) is 8.53. The lowest BCUT2D eigenvalue weighted by Crippen LogP contribution is -2.47. The van der Waals surface area contributed by atoms with Crippen LogP contribution in [0, 0.1) is 0 Å². The first-order chi connectivity index (χ1) is 31.4. The highest BCUT2D eigenvalue weighted by atomic mass is 31.2. The van der Waals surface area contributed by atoms with E-state index in [4.69, 9.17) is 13.8 Å². The molecule has 0 aliphatic rings. The van der Waals surface area contributed by atoms with Gasteiger partial charge in [0.1, 0.15) is 19.3 Å². The minimum absolute atomic E-state index is 0.0230. The monoisotopic (exact) mass is 937 g/mol. The van der Waals surface area contributed by atoms with Crippen molar-refractivity contribution in [2.24, 2.45) is 0 Å². The molecule has 10 heteroatoms. The van der Waals surface area contributed by atoms with Gasteiger partial charge >= 0.3 is 5.97 Å². The normalized spacial score (nSPS) is 14.1. The number of likely N-dealkylation sites (N-methyl/N-ethyl adjacent to an activating group) is 1. The van der Waals surface area contributed by atoms with Gasteiger partial charge in [0, 0.05) is 12.8 Å². The molecule has 0 aromatic rings. The average molecular weight is 937 g/mol. The van der Waals surface area contributed by atoms with Gasteiger partial charge in [0.15, 0.2) is 0 Å². The first-order valence-corrected chi connectivity index (χ1v) is 28.8. The number of phosphoric acid groups is 1. The third-order valence-corrected chi connectivity index (χ3v) is 13.1. The highest BCUT2D eigenvalue weighted by Gasteiger charge is 2.27. The topological polar surface area (TPSA) is 114 Å². The molecule has 0 aliphatic carbocycles. The van der Waals surface area contributed by atoms with Gasteiger partial charge < -0.3 is 28.5 Å². The number of nitrogens with zero attached hydrogens (tertiary/aromatic N) is 1. The van der Waals surface area contributed by atoms with E-state index in [2.05, 4.69) is 50.4 Å². The lowest BCUT2D eigenvalue weighted by molar-refractivity contribution is -0.870. The van der Waals surface area contributed by atoms with E-state index >= 15 is 0 Å². The molecule has 0 bridgehead atoms. The molecule has 0 saturated heterocycles. The summed E-state index contributed by atoms with van der Waals surface area (Å²) in [5.74, 6) is -0.549. The molecule has 382 valence electrons. The third-order valence-electron chi connectivity index (χ3n) is 12.1. The molecule has 0 aromatic carbocycles. The maximum atomic E-state index is 13.4. The van der Waals surface area contributed by atoms with Crippen LogP contribution in [0.1, 0.15) is 252 Å². The number of rotatable bonds is 49. The van der Waals surface area contributed by atoms with Crippen LogP contribution in [0.5, 0.6) is 0 Å². The van der Waals surface area contributed by atoms with Crippen LogP contribution in [0.4, 0.5) is 0 Å².